The van der Waals surface area contributed by atoms with Crippen molar-refractivity contribution in [2.45, 2.75) is 71.9 Å². The molecule has 1 fully saturated rings. The second-order valence-corrected chi connectivity index (χ2v) is 5.87. The summed E-state index contributed by atoms with van der Waals surface area (Å²) >= 11 is 0. The van der Waals surface area contributed by atoms with Crippen LogP contribution in [0.1, 0.15) is 59.8 Å². The Morgan fingerprint density at radius 1 is 1.28 bits per heavy atom. The highest BCUT2D eigenvalue weighted by molar-refractivity contribution is 5.78. The maximum Gasteiger partial charge on any atom is 0.222 e. The fourth-order valence-corrected chi connectivity index (χ4v) is 2.69. The van der Waals surface area contributed by atoms with Crippen LogP contribution in [0.5, 0.6) is 0 Å². The van der Waals surface area contributed by atoms with Crippen LogP contribution in [0.15, 0.2) is 0 Å². The van der Waals surface area contributed by atoms with E-state index >= 15 is 0 Å². The molecule has 0 spiro atoms. The predicted octanol–water partition coefficient (Wildman–Crippen LogP) is 2.80. The largest absolute Gasteiger partial charge is 0.341 e. The first-order chi connectivity index (χ1) is 8.56. The topological polar surface area (TPSA) is 32.3 Å². The highest BCUT2D eigenvalue weighted by atomic mass is 16.2. The molecule has 3 heteroatoms. The van der Waals surface area contributed by atoms with E-state index in [0.717, 1.165) is 31.8 Å². The van der Waals surface area contributed by atoms with Gasteiger partial charge in [0.25, 0.3) is 0 Å². The van der Waals surface area contributed by atoms with Gasteiger partial charge in [0.2, 0.25) is 5.91 Å². The van der Waals surface area contributed by atoms with Gasteiger partial charge in [-0.25, -0.2) is 0 Å². The number of carbonyl (C=O) groups excluding carboxylic acids is 1. The van der Waals surface area contributed by atoms with Gasteiger partial charge in [-0.3, -0.25) is 4.79 Å². The van der Waals surface area contributed by atoms with Crippen LogP contribution < -0.4 is 5.32 Å². The van der Waals surface area contributed by atoms with Crippen LogP contribution in [0.2, 0.25) is 0 Å². The summed E-state index contributed by atoms with van der Waals surface area (Å²) in [6.07, 6.45) is 5.44. The summed E-state index contributed by atoms with van der Waals surface area (Å²) in [6.45, 7) is 10.8. The summed E-state index contributed by atoms with van der Waals surface area (Å²) in [4.78, 5) is 13.6. The van der Waals surface area contributed by atoms with Gasteiger partial charge in [-0.15, -0.1) is 0 Å². The van der Waals surface area contributed by atoms with Crippen molar-refractivity contribution in [2.24, 2.45) is 5.92 Å². The van der Waals surface area contributed by atoms with E-state index < -0.39 is 0 Å². The molecule has 1 rings (SSSR count). The SMILES string of the molecule is CCC(C)CC(CC)NC(C)CN1CCCC1=O. The van der Waals surface area contributed by atoms with Gasteiger partial charge in [0.1, 0.15) is 0 Å². The van der Waals surface area contributed by atoms with Gasteiger partial charge in [-0.1, -0.05) is 27.2 Å². The molecule has 3 atom stereocenters. The first kappa shape index (κ1) is 15.5. The lowest BCUT2D eigenvalue weighted by molar-refractivity contribution is -0.128. The molecule has 3 nitrogen and oxygen atoms in total. The molecule has 0 aromatic heterocycles. The van der Waals surface area contributed by atoms with Crippen LogP contribution >= 0.6 is 0 Å². The van der Waals surface area contributed by atoms with Crippen molar-refractivity contribution >= 4 is 5.91 Å². The normalized spacial score (nSPS) is 21.1. The number of nitrogens with zero attached hydrogens (tertiary/aromatic N) is 1. The van der Waals surface area contributed by atoms with Crippen molar-refractivity contribution in [3.05, 3.63) is 0 Å². The number of likely N-dealkylation sites (tertiary alicyclic amines) is 1. The second kappa shape index (κ2) is 7.78. The Bertz CT molecular complexity index is 255. The second-order valence-electron chi connectivity index (χ2n) is 5.87. The number of hydrogen-bond donors (Lipinski definition) is 1. The fraction of sp³-hybridized carbons (Fsp3) is 0.933. The van der Waals surface area contributed by atoms with E-state index in [0.29, 0.717) is 18.0 Å². The summed E-state index contributed by atoms with van der Waals surface area (Å²) in [6, 6.07) is 0.994. The van der Waals surface area contributed by atoms with E-state index in [2.05, 4.69) is 33.0 Å². The molecule has 0 bridgehead atoms. The van der Waals surface area contributed by atoms with E-state index in [9.17, 15) is 4.79 Å². The Balaban J connectivity index is 2.32. The van der Waals surface area contributed by atoms with Gasteiger partial charge in [0.15, 0.2) is 0 Å². The molecule has 0 saturated carbocycles. The average Bonchev–Trinajstić information content (AvgIpc) is 2.73. The van der Waals surface area contributed by atoms with Crippen LogP contribution in [-0.2, 0) is 4.79 Å². The quantitative estimate of drug-likeness (QED) is 0.722. The van der Waals surface area contributed by atoms with Crippen LogP contribution in [-0.4, -0.2) is 36.0 Å². The van der Waals surface area contributed by atoms with Gasteiger partial charge >= 0.3 is 0 Å². The Morgan fingerprint density at radius 2 is 2.00 bits per heavy atom. The predicted molar refractivity (Wildman–Crippen MR) is 76.6 cm³/mol. The Morgan fingerprint density at radius 3 is 2.50 bits per heavy atom. The fourth-order valence-electron chi connectivity index (χ4n) is 2.69. The number of nitrogens with one attached hydrogen (secondary N) is 1. The summed E-state index contributed by atoms with van der Waals surface area (Å²) in [7, 11) is 0. The molecular weight excluding hydrogens is 224 g/mol. The number of amides is 1. The maximum absolute atomic E-state index is 11.6. The Kier molecular flexibility index (Phi) is 6.69. The maximum atomic E-state index is 11.6. The highest BCUT2D eigenvalue weighted by Crippen LogP contribution is 2.14. The summed E-state index contributed by atoms with van der Waals surface area (Å²) in [5.41, 5.74) is 0. The zero-order valence-electron chi connectivity index (χ0n) is 12.5. The van der Waals surface area contributed by atoms with Crippen LogP contribution in [0.3, 0.4) is 0 Å². The third kappa shape index (κ3) is 4.97. The Hall–Kier alpha value is -0.570. The van der Waals surface area contributed by atoms with E-state index in [1.54, 1.807) is 0 Å². The molecule has 0 aromatic rings. The van der Waals surface area contributed by atoms with Crippen molar-refractivity contribution < 1.29 is 4.79 Å². The molecule has 1 saturated heterocycles. The molecule has 106 valence electrons. The average molecular weight is 254 g/mol. The first-order valence-electron chi connectivity index (χ1n) is 7.60. The standard InChI is InChI=1S/C15H30N2O/c1-5-12(3)10-14(6-2)16-13(4)11-17-9-7-8-15(17)18/h12-14,16H,5-11H2,1-4H3. The summed E-state index contributed by atoms with van der Waals surface area (Å²) in [5.74, 6) is 1.11. The zero-order valence-corrected chi connectivity index (χ0v) is 12.5. The van der Waals surface area contributed by atoms with Crippen molar-refractivity contribution in [3.8, 4) is 0 Å². The van der Waals surface area contributed by atoms with E-state index in [-0.39, 0.29) is 0 Å². The molecule has 18 heavy (non-hydrogen) atoms. The smallest absolute Gasteiger partial charge is 0.222 e. The van der Waals surface area contributed by atoms with Gasteiger partial charge in [0.05, 0.1) is 0 Å². The third-order valence-corrected chi connectivity index (χ3v) is 4.06. The molecule has 1 heterocycles. The van der Waals surface area contributed by atoms with E-state index in [1.165, 1.54) is 19.3 Å². The third-order valence-electron chi connectivity index (χ3n) is 4.06. The lowest BCUT2D eigenvalue weighted by Crippen LogP contribution is -2.44. The minimum absolute atomic E-state index is 0.332. The van der Waals surface area contributed by atoms with Gasteiger partial charge in [-0.2, -0.15) is 0 Å². The van der Waals surface area contributed by atoms with Crippen LogP contribution in [0.25, 0.3) is 0 Å². The minimum atomic E-state index is 0.332. The monoisotopic (exact) mass is 254 g/mol. The highest BCUT2D eigenvalue weighted by Gasteiger charge is 2.22. The lowest BCUT2D eigenvalue weighted by atomic mass is 9.97. The molecule has 1 amide bonds. The lowest BCUT2D eigenvalue weighted by Gasteiger charge is -2.27. The molecular formula is C15H30N2O. The van der Waals surface area contributed by atoms with Crippen molar-refractivity contribution in [3.63, 3.8) is 0 Å². The molecule has 3 unspecified atom stereocenters. The number of carbonyl (C=O) groups is 1. The van der Waals surface area contributed by atoms with Crippen molar-refractivity contribution in [2.75, 3.05) is 13.1 Å². The van der Waals surface area contributed by atoms with Gasteiger partial charge in [0, 0.05) is 31.6 Å². The number of rotatable bonds is 8. The molecule has 1 aliphatic heterocycles. The van der Waals surface area contributed by atoms with Crippen LogP contribution in [0, 0.1) is 5.92 Å². The molecule has 0 aliphatic carbocycles. The molecule has 0 aromatic carbocycles. The van der Waals surface area contributed by atoms with Gasteiger partial charge < -0.3 is 10.2 Å². The molecule has 1 N–H and O–H groups in total. The summed E-state index contributed by atoms with van der Waals surface area (Å²) in [5, 5.41) is 3.69. The number of hydrogen-bond acceptors (Lipinski definition) is 2. The zero-order chi connectivity index (χ0) is 13.5. The first-order valence-corrected chi connectivity index (χ1v) is 7.60. The van der Waals surface area contributed by atoms with Crippen molar-refractivity contribution in [1.29, 1.82) is 0 Å². The minimum Gasteiger partial charge on any atom is -0.341 e. The molecule has 1 aliphatic rings. The Labute approximate surface area is 112 Å². The van der Waals surface area contributed by atoms with E-state index in [4.69, 9.17) is 0 Å². The van der Waals surface area contributed by atoms with Crippen molar-refractivity contribution in [1.82, 2.24) is 10.2 Å². The van der Waals surface area contributed by atoms with Crippen LogP contribution in [0.4, 0.5) is 0 Å². The van der Waals surface area contributed by atoms with E-state index in [1.807, 2.05) is 4.90 Å². The summed E-state index contributed by atoms with van der Waals surface area (Å²) < 4.78 is 0. The molecule has 0 radical (unpaired) electrons. The van der Waals surface area contributed by atoms with Gasteiger partial charge in [-0.05, 0) is 32.1 Å².